The van der Waals surface area contributed by atoms with E-state index in [0.29, 0.717) is 0 Å². The van der Waals surface area contributed by atoms with Gasteiger partial charge in [-0.1, -0.05) is 0 Å². The normalized spacial score (nSPS) is 28.3. The summed E-state index contributed by atoms with van der Waals surface area (Å²) in [7, 11) is 0.695. The van der Waals surface area contributed by atoms with E-state index in [1.807, 2.05) is 6.66 Å². The first kappa shape index (κ1) is 7.46. The molecule has 0 bridgehead atoms. The first-order valence-electron chi connectivity index (χ1n) is 3.36. The Hall–Kier alpha value is 0.350. The van der Waals surface area contributed by atoms with E-state index in [-0.39, 0.29) is 0 Å². The molecule has 0 saturated carbocycles. The predicted molar refractivity (Wildman–Crippen MR) is 42.3 cm³/mol. The molecule has 0 spiro atoms. The fourth-order valence-corrected chi connectivity index (χ4v) is 2.76. The molecule has 54 valence electrons. The summed E-state index contributed by atoms with van der Waals surface area (Å²) in [5.41, 5.74) is 0. The van der Waals surface area contributed by atoms with Crippen molar-refractivity contribution in [3.05, 3.63) is 0 Å². The van der Waals surface area contributed by atoms with Crippen molar-refractivity contribution in [3.63, 3.8) is 0 Å². The monoisotopic (exact) mass is 148 g/mol. The molecule has 0 amide bonds. The van der Waals surface area contributed by atoms with Gasteiger partial charge in [-0.05, 0) is 7.05 Å². The van der Waals surface area contributed by atoms with Gasteiger partial charge in [0.15, 0.2) is 0 Å². The van der Waals surface area contributed by atoms with E-state index < -0.39 is 7.49 Å². The van der Waals surface area contributed by atoms with Crippen molar-refractivity contribution in [2.75, 3.05) is 39.1 Å². The zero-order valence-electron chi connectivity index (χ0n) is 6.17. The van der Waals surface area contributed by atoms with Crippen LogP contribution in [-0.4, -0.2) is 48.9 Å². The van der Waals surface area contributed by atoms with Crippen LogP contribution in [-0.2, 0) is 0 Å². The molecule has 2 nitrogen and oxygen atoms in total. The zero-order chi connectivity index (χ0) is 6.91. The van der Waals surface area contributed by atoms with E-state index in [1.54, 1.807) is 0 Å². The summed E-state index contributed by atoms with van der Waals surface area (Å²) in [5.74, 6) is 0. The van der Waals surface area contributed by atoms with Crippen LogP contribution in [0.3, 0.4) is 0 Å². The maximum absolute atomic E-state index is 9.58. The number of rotatable bonds is 0. The second-order valence-corrected chi connectivity index (χ2v) is 6.66. The fourth-order valence-electron chi connectivity index (χ4n) is 0.996. The lowest BCUT2D eigenvalue weighted by molar-refractivity contribution is 0.355. The van der Waals surface area contributed by atoms with Crippen LogP contribution < -0.4 is 0 Å². The Kier molecular flexibility index (Phi) is 2.10. The van der Waals surface area contributed by atoms with Gasteiger partial charge in [-0.3, -0.25) is 9.79 Å². The van der Waals surface area contributed by atoms with Crippen molar-refractivity contribution in [1.82, 2.24) is 4.90 Å². The Morgan fingerprint density at radius 1 is 1.33 bits per heavy atom. The molecule has 3 heteroatoms. The van der Waals surface area contributed by atoms with Gasteiger partial charge in [0.05, 0.1) is 19.0 Å². The van der Waals surface area contributed by atoms with E-state index in [4.69, 9.17) is 0 Å². The third-order valence-electron chi connectivity index (χ3n) is 1.93. The van der Waals surface area contributed by atoms with Crippen LogP contribution in [0.2, 0.25) is 0 Å². The highest BCUT2D eigenvalue weighted by molar-refractivity contribution is 7.69. The summed E-state index contributed by atoms with van der Waals surface area (Å²) in [6.07, 6.45) is 2.06. The molecule has 1 aliphatic rings. The lowest BCUT2D eigenvalue weighted by Gasteiger charge is -2.26. The Morgan fingerprint density at radius 2 is 1.78 bits per heavy atom. The van der Waals surface area contributed by atoms with E-state index in [1.165, 1.54) is 0 Å². The van der Waals surface area contributed by atoms with Crippen molar-refractivity contribution in [3.8, 4) is 0 Å². The van der Waals surface area contributed by atoms with E-state index in [0.717, 1.165) is 25.4 Å². The topological polar surface area (TPSA) is 23.5 Å². The van der Waals surface area contributed by atoms with Crippen LogP contribution in [0.5, 0.6) is 0 Å². The van der Waals surface area contributed by atoms with Crippen LogP contribution in [0, 0.1) is 0 Å². The number of nitrogens with zero attached hydrogens (tertiary/aromatic N) is 1. The van der Waals surface area contributed by atoms with Crippen LogP contribution in [0.15, 0.2) is 0 Å². The summed E-state index contributed by atoms with van der Waals surface area (Å²) < 4.78 is 0. The predicted octanol–water partition coefficient (Wildman–Crippen LogP) is 0.486. The minimum Gasteiger partial charge on any atom is -0.299 e. The van der Waals surface area contributed by atoms with Gasteiger partial charge < -0.3 is 0 Å². The third-order valence-corrected chi connectivity index (χ3v) is 4.25. The molecule has 0 radical (unpaired) electrons. The molecule has 1 N–H and O–H groups in total. The Bertz CT molecular complexity index is 95.2. The van der Waals surface area contributed by atoms with E-state index >= 15 is 0 Å². The summed E-state index contributed by atoms with van der Waals surface area (Å²) in [5, 5.41) is 0. The fraction of sp³-hybridized carbons (Fsp3) is 1.00. The maximum atomic E-state index is 9.58. The molecule has 0 atom stereocenters. The minimum absolute atomic E-state index is 1.03. The van der Waals surface area contributed by atoms with Crippen LogP contribution in [0.4, 0.5) is 0 Å². The van der Waals surface area contributed by atoms with Crippen LogP contribution in [0.25, 0.3) is 0 Å². The molecular formula is C6H15NOP+. The van der Waals surface area contributed by atoms with Gasteiger partial charge in [0.2, 0.25) is 0 Å². The summed E-state index contributed by atoms with van der Waals surface area (Å²) in [6.45, 7) is 4.20. The summed E-state index contributed by atoms with van der Waals surface area (Å²) in [6, 6.07) is 0. The molecule has 1 heterocycles. The average Bonchev–Trinajstić information content (AvgIpc) is 1.78. The van der Waals surface area contributed by atoms with Gasteiger partial charge in [-0.15, -0.1) is 0 Å². The SMILES string of the molecule is CN1CC[P+](C)(O)CC1. The molecule has 1 saturated heterocycles. The number of hydrogen-bond donors (Lipinski definition) is 1. The standard InChI is InChI=1S/C6H15NOP/c1-7-3-5-9(2,8)6-4-7/h8H,3-6H2,1-2H3/q+1. The highest BCUT2D eigenvalue weighted by Gasteiger charge is 2.32. The number of hydrogen-bond acceptors (Lipinski definition) is 2. The molecule has 9 heavy (non-hydrogen) atoms. The third kappa shape index (κ3) is 2.21. The zero-order valence-corrected chi connectivity index (χ0v) is 7.06. The van der Waals surface area contributed by atoms with Gasteiger partial charge in [0.25, 0.3) is 0 Å². The van der Waals surface area contributed by atoms with Crippen molar-refractivity contribution < 1.29 is 4.89 Å². The molecule has 0 unspecified atom stereocenters. The lowest BCUT2D eigenvalue weighted by atomic mass is 10.6. The molecule has 1 aliphatic heterocycles. The smallest absolute Gasteiger partial charge is 0.141 e. The highest BCUT2D eigenvalue weighted by Crippen LogP contribution is 2.51. The van der Waals surface area contributed by atoms with Gasteiger partial charge >= 0.3 is 0 Å². The van der Waals surface area contributed by atoms with Crippen molar-refractivity contribution in [2.24, 2.45) is 0 Å². The largest absolute Gasteiger partial charge is 0.299 e. The molecular weight excluding hydrogens is 133 g/mol. The first-order chi connectivity index (χ1) is 4.10. The lowest BCUT2D eigenvalue weighted by Crippen LogP contribution is -2.32. The Labute approximate surface area is 57.3 Å². The Balaban J connectivity index is 2.35. The van der Waals surface area contributed by atoms with Gasteiger partial charge in [-0.25, -0.2) is 0 Å². The second-order valence-electron chi connectivity index (χ2n) is 3.09. The van der Waals surface area contributed by atoms with Gasteiger partial charge in [0.1, 0.15) is 7.49 Å². The molecule has 1 rings (SSSR count). The summed E-state index contributed by atoms with van der Waals surface area (Å²) >= 11 is 0. The van der Waals surface area contributed by atoms with Crippen LogP contribution >= 0.6 is 7.49 Å². The highest BCUT2D eigenvalue weighted by atomic mass is 31.2. The van der Waals surface area contributed by atoms with Gasteiger partial charge in [-0.2, -0.15) is 0 Å². The van der Waals surface area contributed by atoms with Gasteiger partial charge in [0, 0.05) is 13.1 Å². The van der Waals surface area contributed by atoms with Crippen LogP contribution in [0.1, 0.15) is 0 Å². The van der Waals surface area contributed by atoms with Crippen molar-refractivity contribution in [2.45, 2.75) is 0 Å². The second kappa shape index (κ2) is 2.53. The maximum Gasteiger partial charge on any atom is 0.141 e. The quantitative estimate of drug-likeness (QED) is 0.505. The molecule has 0 aromatic rings. The van der Waals surface area contributed by atoms with E-state index in [2.05, 4.69) is 11.9 Å². The Morgan fingerprint density at radius 3 is 2.11 bits per heavy atom. The summed E-state index contributed by atoms with van der Waals surface area (Å²) in [4.78, 5) is 11.9. The first-order valence-corrected chi connectivity index (χ1v) is 5.92. The average molecular weight is 148 g/mol. The van der Waals surface area contributed by atoms with Crippen molar-refractivity contribution in [1.29, 1.82) is 0 Å². The van der Waals surface area contributed by atoms with E-state index in [9.17, 15) is 4.89 Å². The molecule has 0 aliphatic carbocycles. The molecule has 1 fully saturated rings. The van der Waals surface area contributed by atoms with Crippen molar-refractivity contribution >= 4 is 7.49 Å². The molecule has 0 aromatic carbocycles. The minimum atomic E-state index is -1.42. The molecule has 0 aromatic heterocycles.